The first kappa shape index (κ1) is 17.8. The summed E-state index contributed by atoms with van der Waals surface area (Å²) in [6.07, 6.45) is 0. The molecule has 0 saturated heterocycles. The molecule has 0 aromatic heterocycles. The number of fused-ring (bicyclic) bond motifs is 1. The third-order valence-corrected chi connectivity index (χ3v) is 4.73. The number of aromatic hydroxyl groups is 1. The molecular weight excluding hydrogens is 368 g/mol. The summed E-state index contributed by atoms with van der Waals surface area (Å²) < 4.78 is 26.3. The molecular formula is C20H18O8. The highest BCUT2D eigenvalue weighted by Crippen LogP contribution is 2.47. The summed E-state index contributed by atoms with van der Waals surface area (Å²) >= 11 is 0. The van der Waals surface area contributed by atoms with E-state index < -0.39 is 11.9 Å². The summed E-state index contributed by atoms with van der Waals surface area (Å²) in [5.41, 5.74) is 0.991. The molecule has 2 aromatic carbocycles. The SMILES string of the molecule is COc1ccc([C@@H](C2=C(O)COC2=O)c2cc3c(cc2O)OCO3)cc1OC. The van der Waals surface area contributed by atoms with Crippen LogP contribution in [0.3, 0.4) is 0 Å². The molecule has 0 unspecified atom stereocenters. The van der Waals surface area contributed by atoms with Crippen molar-refractivity contribution in [2.24, 2.45) is 0 Å². The molecule has 2 heterocycles. The zero-order valence-corrected chi connectivity index (χ0v) is 15.2. The summed E-state index contributed by atoms with van der Waals surface area (Å²) in [6, 6.07) is 8.10. The van der Waals surface area contributed by atoms with Gasteiger partial charge in [0.25, 0.3) is 0 Å². The Labute approximate surface area is 160 Å². The van der Waals surface area contributed by atoms with E-state index in [0.29, 0.717) is 34.1 Å². The number of esters is 1. The molecule has 8 heteroatoms. The fourth-order valence-corrected chi connectivity index (χ4v) is 3.40. The van der Waals surface area contributed by atoms with Gasteiger partial charge in [-0.2, -0.15) is 0 Å². The minimum Gasteiger partial charge on any atom is -0.508 e. The number of aliphatic hydroxyl groups is 1. The van der Waals surface area contributed by atoms with Crippen molar-refractivity contribution in [1.82, 2.24) is 0 Å². The lowest BCUT2D eigenvalue weighted by Gasteiger charge is -2.21. The van der Waals surface area contributed by atoms with Gasteiger partial charge in [0, 0.05) is 17.5 Å². The number of phenols is 1. The van der Waals surface area contributed by atoms with Crippen LogP contribution in [-0.4, -0.2) is 43.8 Å². The van der Waals surface area contributed by atoms with Crippen molar-refractivity contribution in [3.05, 3.63) is 52.8 Å². The lowest BCUT2D eigenvalue weighted by Crippen LogP contribution is -2.12. The van der Waals surface area contributed by atoms with Crippen LogP contribution in [0.25, 0.3) is 0 Å². The summed E-state index contributed by atoms with van der Waals surface area (Å²) in [7, 11) is 3.01. The van der Waals surface area contributed by atoms with Gasteiger partial charge in [0.15, 0.2) is 23.0 Å². The Morgan fingerprint density at radius 1 is 0.964 bits per heavy atom. The van der Waals surface area contributed by atoms with E-state index in [1.807, 2.05) is 0 Å². The number of methoxy groups -OCH3 is 2. The standard InChI is InChI=1S/C20H18O8/c1-24-14-4-3-10(5-15(14)25-2)18(19-13(22)8-26-20(19)23)11-6-16-17(7-12(11)21)28-9-27-16/h3-7,18,21-22H,8-9H2,1-2H3/t18-/m1/s1. The van der Waals surface area contributed by atoms with Gasteiger partial charge in [0.05, 0.1) is 19.8 Å². The molecule has 2 aliphatic rings. The number of hydrogen-bond donors (Lipinski definition) is 2. The van der Waals surface area contributed by atoms with Crippen molar-refractivity contribution in [2.75, 3.05) is 27.6 Å². The van der Waals surface area contributed by atoms with Crippen LogP contribution in [-0.2, 0) is 9.53 Å². The van der Waals surface area contributed by atoms with Crippen molar-refractivity contribution in [3.8, 4) is 28.7 Å². The predicted octanol–water partition coefficient (Wildman–Crippen LogP) is 2.64. The summed E-state index contributed by atoms with van der Waals surface area (Å²) in [5.74, 6) is 0.0117. The Morgan fingerprint density at radius 3 is 2.32 bits per heavy atom. The van der Waals surface area contributed by atoms with Gasteiger partial charge in [-0.1, -0.05) is 6.07 Å². The fraction of sp³-hybridized carbons (Fsp3) is 0.250. The van der Waals surface area contributed by atoms with Gasteiger partial charge in [-0.05, 0) is 23.8 Å². The van der Waals surface area contributed by atoms with Crippen molar-refractivity contribution in [3.63, 3.8) is 0 Å². The van der Waals surface area contributed by atoms with Crippen molar-refractivity contribution in [2.45, 2.75) is 5.92 Å². The molecule has 4 rings (SSSR count). The largest absolute Gasteiger partial charge is 0.508 e. The number of phenolic OH excluding ortho intramolecular Hbond substituents is 1. The molecule has 0 spiro atoms. The summed E-state index contributed by atoms with van der Waals surface area (Å²) in [5, 5.41) is 20.9. The molecule has 146 valence electrons. The smallest absolute Gasteiger partial charge is 0.338 e. The van der Waals surface area contributed by atoms with Crippen LogP contribution in [0.4, 0.5) is 0 Å². The number of carbonyl (C=O) groups excluding carboxylic acids is 1. The van der Waals surface area contributed by atoms with Crippen LogP contribution in [0.15, 0.2) is 41.7 Å². The average molecular weight is 386 g/mol. The molecule has 0 amide bonds. The first-order valence-corrected chi connectivity index (χ1v) is 8.47. The second-order valence-electron chi connectivity index (χ2n) is 6.25. The van der Waals surface area contributed by atoms with E-state index in [9.17, 15) is 15.0 Å². The highest BCUT2D eigenvalue weighted by atomic mass is 16.7. The molecule has 8 nitrogen and oxygen atoms in total. The molecule has 2 aromatic rings. The van der Waals surface area contributed by atoms with E-state index in [-0.39, 0.29) is 30.5 Å². The Kier molecular flexibility index (Phi) is 4.38. The fourth-order valence-electron chi connectivity index (χ4n) is 3.40. The van der Waals surface area contributed by atoms with Crippen LogP contribution in [0.1, 0.15) is 17.0 Å². The number of aliphatic hydroxyl groups excluding tert-OH is 1. The lowest BCUT2D eigenvalue weighted by molar-refractivity contribution is -0.136. The highest BCUT2D eigenvalue weighted by molar-refractivity contribution is 5.94. The zero-order valence-electron chi connectivity index (χ0n) is 15.2. The van der Waals surface area contributed by atoms with Crippen LogP contribution >= 0.6 is 0 Å². The normalized spacial score (nSPS) is 16.1. The number of cyclic esters (lactones) is 1. The lowest BCUT2D eigenvalue weighted by atomic mass is 9.83. The molecule has 0 bridgehead atoms. The monoisotopic (exact) mass is 386 g/mol. The quantitative estimate of drug-likeness (QED) is 0.756. The topological polar surface area (TPSA) is 104 Å². The Morgan fingerprint density at radius 2 is 1.68 bits per heavy atom. The maximum atomic E-state index is 12.4. The summed E-state index contributed by atoms with van der Waals surface area (Å²) in [6.45, 7) is -0.182. The van der Waals surface area contributed by atoms with E-state index in [0.717, 1.165) is 0 Å². The first-order chi connectivity index (χ1) is 13.5. The van der Waals surface area contributed by atoms with E-state index in [1.54, 1.807) is 24.3 Å². The van der Waals surface area contributed by atoms with Gasteiger partial charge in [0.1, 0.15) is 18.1 Å². The van der Waals surface area contributed by atoms with Crippen LogP contribution in [0.5, 0.6) is 28.7 Å². The zero-order chi connectivity index (χ0) is 19.8. The predicted molar refractivity (Wildman–Crippen MR) is 96.2 cm³/mol. The van der Waals surface area contributed by atoms with Gasteiger partial charge in [-0.3, -0.25) is 0 Å². The second kappa shape index (κ2) is 6.88. The van der Waals surface area contributed by atoms with Gasteiger partial charge in [-0.25, -0.2) is 4.79 Å². The molecule has 0 radical (unpaired) electrons. The summed E-state index contributed by atoms with van der Waals surface area (Å²) in [4.78, 5) is 12.4. The van der Waals surface area contributed by atoms with E-state index in [1.165, 1.54) is 20.3 Å². The highest BCUT2D eigenvalue weighted by Gasteiger charge is 2.36. The van der Waals surface area contributed by atoms with Gasteiger partial charge in [0.2, 0.25) is 6.79 Å². The number of ether oxygens (including phenoxy) is 5. The van der Waals surface area contributed by atoms with Gasteiger partial charge in [-0.15, -0.1) is 0 Å². The molecule has 0 saturated carbocycles. The Bertz CT molecular complexity index is 978. The van der Waals surface area contributed by atoms with Crippen molar-refractivity contribution >= 4 is 5.97 Å². The minimum absolute atomic E-state index is 0.0369. The van der Waals surface area contributed by atoms with Crippen LogP contribution in [0.2, 0.25) is 0 Å². The average Bonchev–Trinajstić information content (AvgIpc) is 3.28. The molecule has 2 N–H and O–H groups in total. The number of hydrogen-bond acceptors (Lipinski definition) is 8. The molecule has 1 atom stereocenters. The third kappa shape index (κ3) is 2.83. The number of carbonyl (C=O) groups is 1. The second-order valence-corrected chi connectivity index (χ2v) is 6.25. The van der Waals surface area contributed by atoms with E-state index >= 15 is 0 Å². The molecule has 0 fully saturated rings. The Balaban J connectivity index is 1.92. The van der Waals surface area contributed by atoms with Crippen LogP contribution in [0, 0.1) is 0 Å². The van der Waals surface area contributed by atoms with Crippen molar-refractivity contribution in [1.29, 1.82) is 0 Å². The van der Waals surface area contributed by atoms with E-state index in [2.05, 4.69) is 0 Å². The molecule has 2 aliphatic heterocycles. The molecule has 28 heavy (non-hydrogen) atoms. The third-order valence-electron chi connectivity index (χ3n) is 4.73. The maximum absolute atomic E-state index is 12.4. The van der Waals surface area contributed by atoms with Gasteiger partial charge < -0.3 is 33.9 Å². The first-order valence-electron chi connectivity index (χ1n) is 8.47. The van der Waals surface area contributed by atoms with Crippen molar-refractivity contribution < 1.29 is 38.7 Å². The van der Waals surface area contributed by atoms with Gasteiger partial charge >= 0.3 is 5.97 Å². The van der Waals surface area contributed by atoms with E-state index in [4.69, 9.17) is 23.7 Å². The maximum Gasteiger partial charge on any atom is 0.338 e. The number of benzene rings is 2. The Hall–Kier alpha value is -3.55. The molecule has 0 aliphatic carbocycles. The van der Waals surface area contributed by atoms with Crippen LogP contribution < -0.4 is 18.9 Å². The number of rotatable bonds is 5. The minimum atomic E-state index is -0.815.